The van der Waals surface area contributed by atoms with Crippen molar-refractivity contribution >= 4 is 11.9 Å². The number of nitrogens with one attached hydrogen (secondary N) is 2. The van der Waals surface area contributed by atoms with Gasteiger partial charge in [0.15, 0.2) is 0 Å². The van der Waals surface area contributed by atoms with Crippen molar-refractivity contribution in [2.45, 2.75) is 6.18 Å². The van der Waals surface area contributed by atoms with E-state index in [1.807, 2.05) is 0 Å². The third-order valence-corrected chi connectivity index (χ3v) is 2.42. The number of benzene rings is 1. The van der Waals surface area contributed by atoms with E-state index in [1.165, 1.54) is 7.11 Å². The first kappa shape index (κ1) is 14.8. The number of carbonyl (C=O) groups excluding carboxylic acids is 1. The quantitative estimate of drug-likeness (QED) is 0.852. The number of ether oxygens (including phenoxy) is 1. The van der Waals surface area contributed by atoms with Gasteiger partial charge in [-0.05, 0) is 18.2 Å². The molecule has 0 aliphatic carbocycles. The van der Waals surface area contributed by atoms with E-state index in [4.69, 9.17) is 0 Å². The average Bonchev–Trinajstić information content (AvgIpc) is 2.85. The molecule has 0 spiro atoms. The fraction of sp³-hybridized carbons (Fsp3) is 0.182. The van der Waals surface area contributed by atoms with Gasteiger partial charge in [-0.3, -0.25) is 10.1 Å². The smallest absolute Gasteiger partial charge is 0.416 e. The van der Waals surface area contributed by atoms with E-state index in [2.05, 4.69) is 25.2 Å². The molecule has 0 unspecified atom stereocenters. The number of rotatable bonds is 3. The molecule has 1 amide bonds. The van der Waals surface area contributed by atoms with Gasteiger partial charge in [0.25, 0.3) is 5.91 Å². The first-order valence-corrected chi connectivity index (χ1v) is 5.45. The molecule has 2 aromatic rings. The van der Waals surface area contributed by atoms with Gasteiger partial charge in [0.1, 0.15) is 5.82 Å². The summed E-state index contributed by atoms with van der Waals surface area (Å²) in [7, 11) is 1.28. The summed E-state index contributed by atoms with van der Waals surface area (Å²) in [6.07, 6.45) is -4.68. The van der Waals surface area contributed by atoms with Crippen LogP contribution in [0.25, 0.3) is 0 Å². The van der Waals surface area contributed by atoms with E-state index in [0.717, 1.165) is 0 Å². The summed E-state index contributed by atoms with van der Waals surface area (Å²) in [5.41, 5.74) is -1.90. The van der Waals surface area contributed by atoms with Crippen LogP contribution in [0, 0.1) is 5.82 Å². The van der Waals surface area contributed by atoms with E-state index < -0.39 is 29.0 Å². The molecule has 1 aromatic heterocycles. The third-order valence-electron chi connectivity index (χ3n) is 2.42. The fourth-order valence-electron chi connectivity index (χ4n) is 1.44. The van der Waals surface area contributed by atoms with Crippen molar-refractivity contribution in [1.29, 1.82) is 0 Å². The minimum atomic E-state index is -4.68. The Hall–Kier alpha value is -2.65. The minimum absolute atomic E-state index is 0.0881. The monoisotopic (exact) mass is 304 g/mol. The molecule has 112 valence electrons. The molecule has 1 heterocycles. The maximum atomic E-state index is 13.5. The first-order chi connectivity index (χ1) is 9.81. The number of aromatic nitrogens is 3. The van der Waals surface area contributed by atoms with E-state index in [-0.39, 0.29) is 12.0 Å². The second-order valence-corrected chi connectivity index (χ2v) is 3.82. The van der Waals surface area contributed by atoms with Crippen LogP contribution < -0.4 is 10.1 Å². The summed E-state index contributed by atoms with van der Waals surface area (Å²) >= 11 is 0. The molecule has 0 fully saturated rings. The lowest BCUT2D eigenvalue weighted by molar-refractivity contribution is -0.137. The third kappa shape index (κ3) is 3.27. The number of anilines is 1. The van der Waals surface area contributed by atoms with Gasteiger partial charge in [-0.2, -0.15) is 18.2 Å². The highest BCUT2D eigenvalue weighted by molar-refractivity contribution is 6.03. The maximum Gasteiger partial charge on any atom is 0.416 e. The van der Waals surface area contributed by atoms with E-state index >= 15 is 0 Å². The summed E-state index contributed by atoms with van der Waals surface area (Å²) in [6, 6.07) is 1.44. The van der Waals surface area contributed by atoms with Crippen molar-refractivity contribution in [3.8, 4) is 6.01 Å². The number of nitrogens with zero attached hydrogens (tertiary/aromatic N) is 2. The number of alkyl halides is 3. The van der Waals surface area contributed by atoms with Crippen LogP contribution in [0.3, 0.4) is 0 Å². The number of H-pyrrole nitrogens is 1. The molecule has 0 atom stereocenters. The lowest BCUT2D eigenvalue weighted by atomic mass is 10.1. The van der Waals surface area contributed by atoms with Crippen LogP contribution in [-0.4, -0.2) is 28.2 Å². The Morgan fingerprint density at radius 3 is 2.67 bits per heavy atom. The Balaban J connectivity index is 2.26. The topological polar surface area (TPSA) is 79.9 Å². The van der Waals surface area contributed by atoms with Crippen LogP contribution in [0.4, 0.5) is 23.5 Å². The number of aromatic amines is 1. The van der Waals surface area contributed by atoms with E-state index in [0.29, 0.717) is 18.2 Å². The van der Waals surface area contributed by atoms with Crippen molar-refractivity contribution < 1.29 is 27.1 Å². The molecule has 0 radical (unpaired) electrons. The van der Waals surface area contributed by atoms with Crippen molar-refractivity contribution in [2.75, 3.05) is 12.4 Å². The first-order valence-electron chi connectivity index (χ1n) is 5.45. The number of halogens is 4. The highest BCUT2D eigenvalue weighted by atomic mass is 19.4. The zero-order valence-corrected chi connectivity index (χ0v) is 10.5. The Labute approximate surface area is 115 Å². The second-order valence-electron chi connectivity index (χ2n) is 3.82. The summed E-state index contributed by atoms with van der Waals surface area (Å²) in [6.45, 7) is 0. The van der Waals surface area contributed by atoms with Crippen molar-refractivity contribution in [2.24, 2.45) is 0 Å². The molecule has 0 aliphatic rings. The van der Waals surface area contributed by atoms with E-state index in [9.17, 15) is 22.4 Å². The summed E-state index contributed by atoms with van der Waals surface area (Å²) < 4.78 is 55.7. The summed E-state index contributed by atoms with van der Waals surface area (Å²) in [5.74, 6) is -2.38. The van der Waals surface area contributed by atoms with Gasteiger partial charge >= 0.3 is 12.2 Å². The Morgan fingerprint density at radius 2 is 2.10 bits per heavy atom. The van der Waals surface area contributed by atoms with Crippen LogP contribution >= 0.6 is 0 Å². The second kappa shape index (κ2) is 5.38. The summed E-state index contributed by atoms with van der Waals surface area (Å²) in [5, 5.41) is 7.85. The summed E-state index contributed by atoms with van der Waals surface area (Å²) in [4.78, 5) is 15.4. The van der Waals surface area contributed by atoms with Crippen molar-refractivity contribution in [1.82, 2.24) is 15.2 Å². The molecule has 0 bridgehead atoms. The van der Waals surface area contributed by atoms with Gasteiger partial charge < -0.3 is 4.74 Å². The predicted molar refractivity (Wildman–Crippen MR) is 62.3 cm³/mol. The Bertz CT molecular complexity index is 668. The van der Waals surface area contributed by atoms with Gasteiger partial charge in [0, 0.05) is 0 Å². The van der Waals surface area contributed by atoms with Gasteiger partial charge in [0.2, 0.25) is 5.95 Å². The average molecular weight is 304 g/mol. The molecule has 1 aromatic carbocycles. The van der Waals surface area contributed by atoms with Crippen LogP contribution in [0.2, 0.25) is 0 Å². The molecule has 0 saturated heterocycles. The molecule has 21 heavy (non-hydrogen) atoms. The van der Waals surface area contributed by atoms with Crippen molar-refractivity contribution in [3.05, 3.63) is 35.1 Å². The fourth-order valence-corrected chi connectivity index (χ4v) is 1.44. The normalized spacial score (nSPS) is 11.3. The molecule has 2 N–H and O–H groups in total. The Morgan fingerprint density at radius 1 is 1.38 bits per heavy atom. The molecule has 10 heteroatoms. The lowest BCUT2D eigenvalue weighted by Gasteiger charge is -2.09. The molecule has 0 aliphatic heterocycles. The molecule has 6 nitrogen and oxygen atoms in total. The van der Waals surface area contributed by atoms with Gasteiger partial charge in [-0.25, -0.2) is 9.49 Å². The number of carbonyl (C=O) groups is 1. The van der Waals surface area contributed by atoms with Crippen LogP contribution in [0.15, 0.2) is 18.2 Å². The van der Waals surface area contributed by atoms with E-state index in [1.54, 1.807) is 0 Å². The van der Waals surface area contributed by atoms with Gasteiger partial charge in [0.05, 0.1) is 18.2 Å². The zero-order chi connectivity index (χ0) is 15.6. The predicted octanol–water partition coefficient (Wildman–Crippen LogP) is 2.22. The van der Waals surface area contributed by atoms with Crippen LogP contribution in [0.1, 0.15) is 15.9 Å². The molecular weight excluding hydrogens is 296 g/mol. The standard InChI is InChI=1S/C11H8F4N4O2/c1-21-10-17-9(18-19-10)16-8(20)6-4-5(11(13,14)15)2-3-7(6)12/h2-4H,1H3,(H2,16,17,18,19,20). The zero-order valence-electron chi connectivity index (χ0n) is 10.5. The number of amides is 1. The van der Waals surface area contributed by atoms with Gasteiger partial charge in [-0.1, -0.05) is 0 Å². The molecular formula is C11H8F4N4O2. The highest BCUT2D eigenvalue weighted by Gasteiger charge is 2.32. The Kier molecular flexibility index (Phi) is 3.78. The largest absolute Gasteiger partial charge is 0.466 e. The van der Waals surface area contributed by atoms with Crippen LogP contribution in [0.5, 0.6) is 6.01 Å². The highest BCUT2D eigenvalue weighted by Crippen LogP contribution is 2.30. The van der Waals surface area contributed by atoms with Crippen molar-refractivity contribution in [3.63, 3.8) is 0 Å². The number of methoxy groups -OCH3 is 1. The van der Waals surface area contributed by atoms with Gasteiger partial charge in [-0.15, -0.1) is 5.10 Å². The molecule has 0 saturated carbocycles. The SMILES string of the molecule is COc1n[nH]c(NC(=O)c2cc(C(F)(F)F)ccc2F)n1. The lowest BCUT2D eigenvalue weighted by Crippen LogP contribution is -2.16. The molecule has 2 rings (SSSR count). The van der Waals surface area contributed by atoms with Crippen LogP contribution in [-0.2, 0) is 6.18 Å². The number of hydrogen-bond donors (Lipinski definition) is 2. The minimum Gasteiger partial charge on any atom is -0.466 e. The number of hydrogen-bond acceptors (Lipinski definition) is 4. The maximum absolute atomic E-state index is 13.5.